The number of rotatable bonds is 5. The van der Waals surface area contributed by atoms with E-state index in [1.165, 1.54) is 12.1 Å². The molecule has 0 radical (unpaired) electrons. The summed E-state index contributed by atoms with van der Waals surface area (Å²) in [6, 6.07) is 4.61. The van der Waals surface area contributed by atoms with Crippen molar-refractivity contribution in [2.45, 2.75) is 32.7 Å². The Morgan fingerprint density at radius 3 is 2.43 bits per heavy atom. The van der Waals surface area contributed by atoms with Crippen LogP contribution < -0.4 is 11.1 Å². The van der Waals surface area contributed by atoms with Crippen LogP contribution in [-0.4, -0.2) is 35.2 Å². The van der Waals surface area contributed by atoms with E-state index in [1.807, 2.05) is 13.8 Å². The van der Waals surface area contributed by atoms with Crippen molar-refractivity contribution >= 4 is 23.4 Å². The molecule has 0 fully saturated rings. The number of amides is 3. The molecule has 3 amide bonds. The van der Waals surface area contributed by atoms with Gasteiger partial charge in [0.1, 0.15) is 6.54 Å². The lowest BCUT2D eigenvalue weighted by molar-refractivity contribution is -0.122. The van der Waals surface area contributed by atoms with Crippen LogP contribution in [0.3, 0.4) is 0 Å². The monoisotopic (exact) mass is 289 g/mol. The molecule has 21 heavy (non-hydrogen) atoms. The second-order valence-electron chi connectivity index (χ2n) is 5.08. The molecule has 0 unspecified atom stereocenters. The topological polar surface area (TPSA) is 92.5 Å². The normalized spacial score (nSPS) is 13.8. The molecule has 112 valence electrons. The fourth-order valence-electron chi connectivity index (χ4n) is 2.36. The van der Waals surface area contributed by atoms with E-state index >= 15 is 0 Å². The molecular formula is C15H19N3O3. The van der Waals surface area contributed by atoms with E-state index in [-0.39, 0.29) is 24.1 Å². The van der Waals surface area contributed by atoms with Crippen molar-refractivity contribution in [3.63, 3.8) is 0 Å². The quantitative estimate of drug-likeness (QED) is 0.628. The number of anilines is 1. The Balaban J connectivity index is 2.11. The molecule has 0 spiro atoms. The second kappa shape index (κ2) is 5.95. The summed E-state index contributed by atoms with van der Waals surface area (Å²) in [5.41, 5.74) is 6.60. The minimum atomic E-state index is -0.470. The fourth-order valence-corrected chi connectivity index (χ4v) is 2.36. The first-order valence-corrected chi connectivity index (χ1v) is 7.03. The molecule has 1 heterocycles. The van der Waals surface area contributed by atoms with E-state index < -0.39 is 11.8 Å². The van der Waals surface area contributed by atoms with Crippen LogP contribution in [0, 0.1) is 0 Å². The van der Waals surface area contributed by atoms with Crippen LogP contribution in [0.2, 0.25) is 0 Å². The highest BCUT2D eigenvalue weighted by atomic mass is 16.2. The Kier molecular flexibility index (Phi) is 4.26. The lowest BCUT2D eigenvalue weighted by Gasteiger charge is -2.18. The first-order valence-electron chi connectivity index (χ1n) is 7.03. The second-order valence-corrected chi connectivity index (χ2v) is 5.08. The maximum Gasteiger partial charge on any atom is 0.262 e. The summed E-state index contributed by atoms with van der Waals surface area (Å²) in [4.78, 5) is 37.3. The van der Waals surface area contributed by atoms with Gasteiger partial charge in [-0.15, -0.1) is 0 Å². The minimum absolute atomic E-state index is 0.0586. The van der Waals surface area contributed by atoms with Crippen LogP contribution >= 0.6 is 0 Å². The van der Waals surface area contributed by atoms with E-state index in [4.69, 9.17) is 5.73 Å². The highest BCUT2D eigenvalue weighted by Crippen LogP contribution is 2.24. The van der Waals surface area contributed by atoms with E-state index in [9.17, 15) is 14.4 Å². The molecule has 1 aliphatic rings. The number of nitrogens with one attached hydrogen (secondary N) is 1. The summed E-state index contributed by atoms with van der Waals surface area (Å²) < 4.78 is 0. The molecule has 0 saturated heterocycles. The van der Waals surface area contributed by atoms with Gasteiger partial charge in [0, 0.05) is 11.7 Å². The zero-order chi connectivity index (χ0) is 15.6. The maximum absolute atomic E-state index is 12.2. The molecule has 6 nitrogen and oxygen atoms in total. The highest BCUT2D eigenvalue weighted by molar-refractivity contribution is 6.22. The zero-order valence-electron chi connectivity index (χ0n) is 12.2. The number of nitrogen functional groups attached to an aromatic ring is 1. The third-order valence-electron chi connectivity index (χ3n) is 3.65. The molecule has 1 aliphatic heterocycles. The van der Waals surface area contributed by atoms with Crippen LogP contribution in [0.4, 0.5) is 5.69 Å². The number of imide groups is 1. The third kappa shape index (κ3) is 2.89. The van der Waals surface area contributed by atoms with Gasteiger partial charge in [-0.3, -0.25) is 19.3 Å². The first-order chi connectivity index (χ1) is 9.97. The molecule has 0 saturated carbocycles. The number of carbonyl (C=O) groups is 3. The van der Waals surface area contributed by atoms with Crippen molar-refractivity contribution in [3.05, 3.63) is 29.3 Å². The molecule has 3 N–H and O–H groups in total. The van der Waals surface area contributed by atoms with Crippen LogP contribution in [0.25, 0.3) is 0 Å². The lowest BCUT2D eigenvalue weighted by Crippen LogP contribution is -2.43. The average Bonchev–Trinajstić information content (AvgIpc) is 2.69. The molecule has 1 aromatic rings. The Morgan fingerprint density at radius 2 is 1.81 bits per heavy atom. The summed E-state index contributed by atoms with van der Waals surface area (Å²) >= 11 is 0. The Morgan fingerprint density at radius 1 is 1.19 bits per heavy atom. The summed E-state index contributed by atoms with van der Waals surface area (Å²) in [6.45, 7) is 3.68. The first kappa shape index (κ1) is 15.0. The number of carbonyl (C=O) groups excluding carboxylic acids is 3. The van der Waals surface area contributed by atoms with E-state index in [2.05, 4.69) is 5.32 Å². The number of nitrogens with zero attached hydrogens (tertiary/aromatic N) is 1. The van der Waals surface area contributed by atoms with Gasteiger partial charge in [-0.1, -0.05) is 13.8 Å². The molecule has 1 aromatic carbocycles. The van der Waals surface area contributed by atoms with Crippen LogP contribution in [-0.2, 0) is 4.79 Å². The van der Waals surface area contributed by atoms with Gasteiger partial charge in [0.25, 0.3) is 11.8 Å². The predicted octanol–water partition coefficient (Wildman–Crippen LogP) is 1.17. The van der Waals surface area contributed by atoms with Crippen molar-refractivity contribution in [1.82, 2.24) is 10.2 Å². The van der Waals surface area contributed by atoms with E-state index in [0.29, 0.717) is 11.3 Å². The lowest BCUT2D eigenvalue weighted by atomic mass is 10.1. The SMILES string of the molecule is CCC(CC)NC(=O)CN1C(=O)c2ccc(N)cc2C1=O. The highest BCUT2D eigenvalue weighted by Gasteiger charge is 2.36. The number of nitrogens with two attached hydrogens (primary N) is 1. The molecule has 0 bridgehead atoms. The largest absolute Gasteiger partial charge is 0.399 e. The van der Waals surface area contributed by atoms with Gasteiger partial charge >= 0.3 is 0 Å². The van der Waals surface area contributed by atoms with Crippen molar-refractivity contribution in [1.29, 1.82) is 0 Å². The van der Waals surface area contributed by atoms with Crippen molar-refractivity contribution in [2.75, 3.05) is 12.3 Å². The molecular weight excluding hydrogens is 270 g/mol. The predicted molar refractivity (Wildman–Crippen MR) is 78.7 cm³/mol. The van der Waals surface area contributed by atoms with Gasteiger partial charge in [0.05, 0.1) is 11.1 Å². The third-order valence-corrected chi connectivity index (χ3v) is 3.65. The number of hydrogen-bond donors (Lipinski definition) is 2. The summed E-state index contributed by atoms with van der Waals surface area (Å²) in [6.07, 6.45) is 1.61. The van der Waals surface area contributed by atoms with E-state index in [0.717, 1.165) is 17.7 Å². The van der Waals surface area contributed by atoms with Gasteiger partial charge in [-0.2, -0.15) is 0 Å². The average molecular weight is 289 g/mol. The molecule has 0 aromatic heterocycles. The molecule has 6 heteroatoms. The minimum Gasteiger partial charge on any atom is -0.399 e. The standard InChI is InChI=1S/C15H19N3O3/c1-3-10(4-2)17-13(19)8-18-14(20)11-6-5-9(16)7-12(11)15(18)21/h5-7,10H,3-4,8,16H2,1-2H3,(H,17,19). The van der Waals surface area contributed by atoms with Crippen molar-refractivity contribution in [2.24, 2.45) is 0 Å². The maximum atomic E-state index is 12.2. The van der Waals surface area contributed by atoms with Gasteiger partial charge < -0.3 is 11.1 Å². The zero-order valence-corrected chi connectivity index (χ0v) is 12.2. The van der Waals surface area contributed by atoms with Crippen LogP contribution in [0.5, 0.6) is 0 Å². The summed E-state index contributed by atoms with van der Waals surface area (Å²) in [5.74, 6) is -1.25. The Hall–Kier alpha value is -2.37. The van der Waals surface area contributed by atoms with E-state index in [1.54, 1.807) is 6.07 Å². The van der Waals surface area contributed by atoms with Gasteiger partial charge in [-0.05, 0) is 31.0 Å². The Bertz CT molecular complexity index is 594. The van der Waals surface area contributed by atoms with Gasteiger partial charge in [0.2, 0.25) is 5.91 Å². The molecule has 0 aliphatic carbocycles. The molecule has 2 rings (SSSR count). The van der Waals surface area contributed by atoms with Gasteiger partial charge in [0.15, 0.2) is 0 Å². The fraction of sp³-hybridized carbons (Fsp3) is 0.400. The number of benzene rings is 1. The van der Waals surface area contributed by atoms with Crippen molar-refractivity contribution in [3.8, 4) is 0 Å². The van der Waals surface area contributed by atoms with Gasteiger partial charge in [-0.25, -0.2) is 0 Å². The smallest absolute Gasteiger partial charge is 0.262 e. The molecule has 0 atom stereocenters. The van der Waals surface area contributed by atoms with Crippen LogP contribution in [0.15, 0.2) is 18.2 Å². The van der Waals surface area contributed by atoms with Crippen molar-refractivity contribution < 1.29 is 14.4 Å². The summed E-state index contributed by atoms with van der Waals surface area (Å²) in [5, 5.41) is 2.81. The van der Waals surface area contributed by atoms with Crippen LogP contribution in [0.1, 0.15) is 47.4 Å². The summed E-state index contributed by atoms with van der Waals surface area (Å²) in [7, 11) is 0. The number of hydrogen-bond acceptors (Lipinski definition) is 4. The Labute approximate surface area is 123 Å². The number of fused-ring (bicyclic) bond motifs is 1.